The lowest BCUT2D eigenvalue weighted by atomic mass is 10.0. The third-order valence-corrected chi connectivity index (χ3v) is 3.19. The lowest BCUT2D eigenvalue weighted by molar-refractivity contribution is -0.121. The number of hydrogen-bond acceptors (Lipinski definition) is 4. The Bertz CT molecular complexity index is 586. The Morgan fingerprint density at radius 3 is 2.80 bits per heavy atom. The number of aromatic nitrogens is 2. The summed E-state index contributed by atoms with van der Waals surface area (Å²) in [5.41, 5.74) is 7.14. The summed E-state index contributed by atoms with van der Waals surface area (Å²) in [6.45, 7) is 6.29. The smallest absolute Gasteiger partial charge is 0.234 e. The molecule has 0 fully saturated rings. The molecule has 2 heterocycles. The summed E-state index contributed by atoms with van der Waals surface area (Å²) in [5.74, 6) is 1.36. The van der Waals surface area contributed by atoms with Gasteiger partial charge in [0, 0.05) is 12.1 Å². The molecule has 0 saturated heterocycles. The molecule has 0 saturated carbocycles. The number of primary amides is 1. The Morgan fingerprint density at radius 2 is 2.25 bits per heavy atom. The standard InChI is InChI=1S/C14H20N4O2/c1-8(2)12(14(15)19)16-6-10-7-17-18-13(10)11-5-4-9(3)20-11/h4-5,7-8,12,16H,6H2,1-3H3,(H2,15,19)(H,17,18). The Hall–Kier alpha value is -2.08. The Morgan fingerprint density at radius 1 is 1.50 bits per heavy atom. The molecule has 2 rings (SSSR count). The van der Waals surface area contributed by atoms with Gasteiger partial charge in [0.25, 0.3) is 0 Å². The van der Waals surface area contributed by atoms with Crippen LogP contribution < -0.4 is 11.1 Å². The molecule has 0 aliphatic carbocycles. The number of hydrogen-bond donors (Lipinski definition) is 3. The van der Waals surface area contributed by atoms with Gasteiger partial charge in [-0.15, -0.1) is 0 Å². The molecule has 1 unspecified atom stereocenters. The summed E-state index contributed by atoms with van der Waals surface area (Å²) in [5, 5.41) is 10.1. The van der Waals surface area contributed by atoms with Crippen LogP contribution in [0, 0.1) is 12.8 Å². The van der Waals surface area contributed by atoms with Crippen molar-refractivity contribution in [3.63, 3.8) is 0 Å². The van der Waals surface area contributed by atoms with Crippen LogP contribution >= 0.6 is 0 Å². The molecule has 2 aromatic rings. The van der Waals surface area contributed by atoms with Gasteiger partial charge in [0.1, 0.15) is 11.5 Å². The average molecular weight is 276 g/mol. The Labute approximate surface area is 117 Å². The molecular weight excluding hydrogens is 256 g/mol. The highest BCUT2D eigenvalue weighted by molar-refractivity contribution is 5.80. The van der Waals surface area contributed by atoms with E-state index in [-0.39, 0.29) is 17.9 Å². The minimum atomic E-state index is -0.365. The van der Waals surface area contributed by atoms with Gasteiger partial charge in [0.2, 0.25) is 5.91 Å². The van der Waals surface area contributed by atoms with E-state index < -0.39 is 0 Å². The third kappa shape index (κ3) is 3.08. The van der Waals surface area contributed by atoms with E-state index in [0.717, 1.165) is 22.8 Å². The Balaban J connectivity index is 2.11. The van der Waals surface area contributed by atoms with E-state index in [2.05, 4.69) is 15.5 Å². The molecule has 1 amide bonds. The minimum Gasteiger partial charge on any atom is -0.460 e. The molecule has 0 aliphatic heterocycles. The van der Waals surface area contributed by atoms with E-state index >= 15 is 0 Å². The van der Waals surface area contributed by atoms with E-state index in [9.17, 15) is 4.79 Å². The molecule has 20 heavy (non-hydrogen) atoms. The molecule has 0 aliphatic rings. The predicted molar refractivity (Wildman–Crippen MR) is 75.7 cm³/mol. The largest absolute Gasteiger partial charge is 0.460 e. The summed E-state index contributed by atoms with van der Waals surface area (Å²) in [6.07, 6.45) is 1.72. The van der Waals surface area contributed by atoms with Gasteiger partial charge in [-0.2, -0.15) is 5.10 Å². The molecule has 0 aromatic carbocycles. The lowest BCUT2D eigenvalue weighted by Crippen LogP contribution is -2.44. The van der Waals surface area contributed by atoms with E-state index in [1.165, 1.54) is 0 Å². The van der Waals surface area contributed by atoms with E-state index in [0.29, 0.717) is 6.54 Å². The number of nitrogens with one attached hydrogen (secondary N) is 2. The van der Waals surface area contributed by atoms with Gasteiger partial charge in [-0.25, -0.2) is 0 Å². The first kappa shape index (κ1) is 14.3. The molecular formula is C14H20N4O2. The number of nitrogens with zero attached hydrogens (tertiary/aromatic N) is 1. The van der Waals surface area contributed by atoms with Crippen molar-refractivity contribution in [2.75, 3.05) is 0 Å². The van der Waals surface area contributed by atoms with Gasteiger partial charge >= 0.3 is 0 Å². The number of nitrogens with two attached hydrogens (primary N) is 1. The second-order valence-corrected chi connectivity index (χ2v) is 5.19. The predicted octanol–water partition coefficient (Wildman–Crippen LogP) is 1.58. The molecule has 6 nitrogen and oxygen atoms in total. The first-order valence-electron chi connectivity index (χ1n) is 6.60. The molecule has 0 bridgehead atoms. The number of carbonyl (C=O) groups is 1. The van der Waals surface area contributed by atoms with Crippen LogP contribution in [-0.4, -0.2) is 22.1 Å². The number of rotatable bonds is 6. The van der Waals surface area contributed by atoms with Gasteiger partial charge in [0.15, 0.2) is 5.76 Å². The summed E-state index contributed by atoms with van der Waals surface area (Å²) < 4.78 is 5.58. The normalized spacial score (nSPS) is 12.8. The average Bonchev–Trinajstić information content (AvgIpc) is 2.96. The van der Waals surface area contributed by atoms with Crippen molar-refractivity contribution >= 4 is 5.91 Å². The van der Waals surface area contributed by atoms with Crippen molar-refractivity contribution in [2.45, 2.75) is 33.4 Å². The molecule has 6 heteroatoms. The number of furan rings is 1. The quantitative estimate of drug-likeness (QED) is 0.746. The van der Waals surface area contributed by atoms with Crippen LogP contribution in [0.3, 0.4) is 0 Å². The highest BCUT2D eigenvalue weighted by Gasteiger charge is 2.20. The first-order chi connectivity index (χ1) is 9.49. The first-order valence-corrected chi connectivity index (χ1v) is 6.60. The maximum absolute atomic E-state index is 11.4. The summed E-state index contributed by atoms with van der Waals surface area (Å²) in [4.78, 5) is 11.4. The number of aryl methyl sites for hydroxylation is 1. The SMILES string of the molecule is Cc1ccc(-c2[nH]ncc2CNC(C(N)=O)C(C)C)o1. The Kier molecular flexibility index (Phi) is 4.24. The van der Waals surface area contributed by atoms with Gasteiger partial charge in [-0.3, -0.25) is 9.89 Å². The molecule has 0 radical (unpaired) electrons. The zero-order valence-electron chi connectivity index (χ0n) is 11.9. The molecule has 4 N–H and O–H groups in total. The summed E-state index contributed by atoms with van der Waals surface area (Å²) in [6, 6.07) is 3.42. The van der Waals surface area contributed by atoms with E-state index in [4.69, 9.17) is 10.2 Å². The fourth-order valence-electron chi connectivity index (χ4n) is 2.11. The zero-order valence-corrected chi connectivity index (χ0v) is 11.9. The van der Waals surface area contributed by atoms with Crippen LogP contribution in [0.25, 0.3) is 11.5 Å². The van der Waals surface area contributed by atoms with Crippen molar-refractivity contribution < 1.29 is 9.21 Å². The van der Waals surface area contributed by atoms with E-state index in [1.807, 2.05) is 32.9 Å². The summed E-state index contributed by atoms with van der Waals surface area (Å²) >= 11 is 0. The molecule has 1 atom stereocenters. The summed E-state index contributed by atoms with van der Waals surface area (Å²) in [7, 11) is 0. The van der Waals surface area contributed by atoms with Crippen LogP contribution in [-0.2, 0) is 11.3 Å². The van der Waals surface area contributed by atoms with Crippen LogP contribution in [0.2, 0.25) is 0 Å². The monoisotopic (exact) mass is 276 g/mol. The lowest BCUT2D eigenvalue weighted by Gasteiger charge is -2.18. The van der Waals surface area contributed by atoms with Gasteiger partial charge in [0.05, 0.1) is 12.2 Å². The maximum atomic E-state index is 11.4. The maximum Gasteiger partial charge on any atom is 0.234 e. The topological polar surface area (TPSA) is 96.9 Å². The van der Waals surface area contributed by atoms with Crippen LogP contribution in [0.5, 0.6) is 0 Å². The van der Waals surface area contributed by atoms with Crippen molar-refractivity contribution in [3.05, 3.63) is 29.7 Å². The van der Waals surface area contributed by atoms with Crippen LogP contribution in [0.4, 0.5) is 0 Å². The molecule has 2 aromatic heterocycles. The highest BCUT2D eigenvalue weighted by Crippen LogP contribution is 2.23. The van der Waals surface area contributed by atoms with Gasteiger partial charge < -0.3 is 15.5 Å². The van der Waals surface area contributed by atoms with Crippen LogP contribution in [0.15, 0.2) is 22.7 Å². The van der Waals surface area contributed by atoms with Crippen molar-refractivity contribution in [3.8, 4) is 11.5 Å². The second kappa shape index (κ2) is 5.92. The molecule has 108 valence electrons. The van der Waals surface area contributed by atoms with Gasteiger partial charge in [-0.1, -0.05) is 13.8 Å². The van der Waals surface area contributed by atoms with E-state index in [1.54, 1.807) is 6.20 Å². The highest BCUT2D eigenvalue weighted by atomic mass is 16.3. The van der Waals surface area contributed by atoms with Crippen molar-refractivity contribution in [2.24, 2.45) is 11.7 Å². The third-order valence-electron chi connectivity index (χ3n) is 3.19. The minimum absolute atomic E-state index is 0.133. The number of amides is 1. The van der Waals surface area contributed by atoms with Gasteiger partial charge in [-0.05, 0) is 25.0 Å². The number of carbonyl (C=O) groups excluding carboxylic acids is 1. The fourth-order valence-corrected chi connectivity index (χ4v) is 2.11. The van der Waals surface area contributed by atoms with Crippen molar-refractivity contribution in [1.82, 2.24) is 15.5 Å². The van der Waals surface area contributed by atoms with Crippen LogP contribution in [0.1, 0.15) is 25.2 Å². The number of H-pyrrole nitrogens is 1. The number of aromatic amines is 1. The fraction of sp³-hybridized carbons (Fsp3) is 0.429. The van der Waals surface area contributed by atoms with Crippen molar-refractivity contribution in [1.29, 1.82) is 0 Å². The zero-order chi connectivity index (χ0) is 14.7. The molecule has 0 spiro atoms. The second-order valence-electron chi connectivity index (χ2n) is 5.19.